The number of phenolic OH excluding ortho intramolecular Hbond substituents is 1. The lowest BCUT2D eigenvalue weighted by Crippen LogP contribution is -2.18. The fourth-order valence-electron chi connectivity index (χ4n) is 2.00. The number of carbonyl (C=O) groups excluding carboxylic acids is 2. The third-order valence-corrected chi connectivity index (χ3v) is 3.92. The predicted molar refractivity (Wildman–Crippen MR) is 103 cm³/mol. The lowest BCUT2D eigenvalue weighted by atomic mass is 10.2. The topological polar surface area (TPSA) is 100 Å². The highest BCUT2D eigenvalue weighted by Gasteiger charge is 2.08. The number of hydrogen-bond donors (Lipinski definition) is 3. The van der Waals surface area contributed by atoms with Crippen LogP contribution in [0, 0.1) is 3.57 Å². The zero-order valence-electron chi connectivity index (χ0n) is 13.5. The van der Waals surface area contributed by atoms with Crippen LogP contribution in [0.25, 0.3) is 0 Å². The zero-order valence-corrected chi connectivity index (χ0v) is 15.7. The summed E-state index contributed by atoms with van der Waals surface area (Å²) < 4.78 is 5.67. The molecule has 0 saturated heterocycles. The Labute approximate surface area is 158 Å². The molecule has 0 heterocycles. The Kier molecular flexibility index (Phi) is 6.34. The van der Waals surface area contributed by atoms with E-state index in [4.69, 9.17) is 4.74 Å². The number of amides is 2. The molecular weight excluding hydrogens is 437 g/mol. The average molecular weight is 453 g/mol. The van der Waals surface area contributed by atoms with Crippen LogP contribution in [0.3, 0.4) is 0 Å². The molecule has 130 valence electrons. The van der Waals surface area contributed by atoms with Crippen molar-refractivity contribution in [3.63, 3.8) is 0 Å². The van der Waals surface area contributed by atoms with E-state index >= 15 is 0 Å². The number of rotatable bonds is 5. The van der Waals surface area contributed by atoms with Crippen LogP contribution in [0.4, 0.5) is 5.69 Å². The monoisotopic (exact) mass is 453 g/mol. The summed E-state index contributed by atoms with van der Waals surface area (Å²) in [5.41, 5.74) is 3.96. The lowest BCUT2D eigenvalue weighted by Gasteiger charge is -2.06. The maximum atomic E-state index is 12.1. The number of anilines is 1. The standard InChI is InChI=1S/C17H16IN3O4/c1-10(22)20-13-5-3-4-12(8-13)17(24)21-19-9-11-6-14(18)16(23)15(7-11)25-2/h3-9,23H,1-2H3,(H,20,22)(H,21,24)/b19-9+. The van der Waals surface area contributed by atoms with Crippen molar-refractivity contribution < 1.29 is 19.4 Å². The van der Waals surface area contributed by atoms with Crippen molar-refractivity contribution in [3.8, 4) is 11.5 Å². The minimum Gasteiger partial charge on any atom is -0.504 e. The molecule has 2 rings (SSSR count). The molecule has 0 aliphatic heterocycles. The number of aromatic hydroxyl groups is 1. The molecule has 0 radical (unpaired) electrons. The summed E-state index contributed by atoms with van der Waals surface area (Å²) in [5, 5.41) is 16.3. The molecule has 0 atom stereocenters. The van der Waals surface area contributed by atoms with Crippen LogP contribution in [-0.4, -0.2) is 30.2 Å². The summed E-state index contributed by atoms with van der Waals surface area (Å²) in [7, 11) is 1.45. The molecule has 2 amide bonds. The number of benzene rings is 2. The minimum atomic E-state index is -0.413. The van der Waals surface area contributed by atoms with Crippen LogP contribution in [0.1, 0.15) is 22.8 Å². The van der Waals surface area contributed by atoms with Gasteiger partial charge < -0.3 is 15.2 Å². The number of halogens is 1. The molecule has 0 aliphatic carbocycles. The van der Waals surface area contributed by atoms with Gasteiger partial charge >= 0.3 is 0 Å². The number of nitrogens with one attached hydrogen (secondary N) is 2. The molecule has 0 unspecified atom stereocenters. The van der Waals surface area contributed by atoms with Crippen LogP contribution in [0.2, 0.25) is 0 Å². The van der Waals surface area contributed by atoms with Gasteiger partial charge in [-0.3, -0.25) is 9.59 Å². The van der Waals surface area contributed by atoms with E-state index in [0.29, 0.717) is 26.1 Å². The van der Waals surface area contributed by atoms with Gasteiger partial charge in [0.25, 0.3) is 5.91 Å². The third kappa shape index (κ3) is 5.18. The van der Waals surface area contributed by atoms with Crippen molar-refractivity contribution in [3.05, 3.63) is 51.1 Å². The molecule has 2 aromatic rings. The summed E-state index contributed by atoms with van der Waals surface area (Å²) in [6, 6.07) is 9.82. The van der Waals surface area contributed by atoms with Gasteiger partial charge in [0.1, 0.15) is 0 Å². The summed E-state index contributed by atoms with van der Waals surface area (Å²) in [4.78, 5) is 23.2. The van der Waals surface area contributed by atoms with E-state index in [1.165, 1.54) is 20.2 Å². The number of ether oxygens (including phenoxy) is 1. The Balaban J connectivity index is 2.08. The van der Waals surface area contributed by atoms with E-state index in [9.17, 15) is 14.7 Å². The maximum absolute atomic E-state index is 12.1. The second-order valence-electron chi connectivity index (χ2n) is 5.01. The molecule has 0 saturated carbocycles. The Morgan fingerprint density at radius 1 is 1.28 bits per heavy atom. The summed E-state index contributed by atoms with van der Waals surface area (Å²) in [6.07, 6.45) is 1.44. The number of carbonyl (C=O) groups is 2. The SMILES string of the molecule is COc1cc(/C=N/NC(=O)c2cccc(NC(C)=O)c2)cc(I)c1O. The van der Waals surface area contributed by atoms with Crippen LogP contribution in [0.5, 0.6) is 11.5 Å². The van der Waals surface area contributed by atoms with E-state index in [-0.39, 0.29) is 11.7 Å². The first-order chi connectivity index (χ1) is 11.9. The smallest absolute Gasteiger partial charge is 0.271 e. The highest BCUT2D eigenvalue weighted by atomic mass is 127. The van der Waals surface area contributed by atoms with Crippen molar-refractivity contribution in [1.29, 1.82) is 0 Å². The van der Waals surface area contributed by atoms with Crippen LogP contribution in [-0.2, 0) is 4.79 Å². The molecule has 8 heteroatoms. The largest absolute Gasteiger partial charge is 0.504 e. The molecule has 0 bridgehead atoms. The molecular formula is C17H16IN3O4. The molecule has 3 N–H and O–H groups in total. The summed E-state index contributed by atoms with van der Waals surface area (Å²) in [5.74, 6) is -0.253. The predicted octanol–water partition coefficient (Wildman–Crippen LogP) is 2.73. The first-order valence-corrected chi connectivity index (χ1v) is 8.26. The first-order valence-electron chi connectivity index (χ1n) is 7.18. The van der Waals surface area contributed by atoms with Gasteiger partial charge in [-0.1, -0.05) is 6.07 Å². The van der Waals surface area contributed by atoms with E-state index in [1.807, 2.05) is 22.6 Å². The van der Waals surface area contributed by atoms with Gasteiger partial charge in [0.15, 0.2) is 11.5 Å². The van der Waals surface area contributed by atoms with Crippen LogP contribution in [0.15, 0.2) is 41.5 Å². The van der Waals surface area contributed by atoms with Crippen molar-refractivity contribution in [2.24, 2.45) is 5.10 Å². The summed E-state index contributed by atoms with van der Waals surface area (Å²) >= 11 is 1.97. The number of phenols is 1. The Morgan fingerprint density at radius 3 is 2.72 bits per heavy atom. The first kappa shape index (κ1) is 18.7. The highest BCUT2D eigenvalue weighted by molar-refractivity contribution is 14.1. The molecule has 7 nitrogen and oxygen atoms in total. The van der Waals surface area contributed by atoms with Gasteiger partial charge in [0.05, 0.1) is 16.9 Å². The zero-order chi connectivity index (χ0) is 18.4. The molecule has 0 spiro atoms. The van der Waals surface area contributed by atoms with Crippen molar-refractivity contribution in [1.82, 2.24) is 5.43 Å². The molecule has 25 heavy (non-hydrogen) atoms. The van der Waals surface area contributed by atoms with Gasteiger partial charge in [-0.25, -0.2) is 5.43 Å². The normalized spacial score (nSPS) is 10.5. The highest BCUT2D eigenvalue weighted by Crippen LogP contribution is 2.31. The minimum absolute atomic E-state index is 0.0547. The Morgan fingerprint density at radius 2 is 2.04 bits per heavy atom. The molecule has 2 aromatic carbocycles. The fraction of sp³-hybridized carbons (Fsp3) is 0.118. The molecule has 0 aromatic heterocycles. The van der Waals surface area contributed by atoms with Crippen LogP contribution >= 0.6 is 22.6 Å². The van der Waals surface area contributed by atoms with Crippen LogP contribution < -0.4 is 15.5 Å². The van der Waals surface area contributed by atoms with Crippen molar-refractivity contribution >= 4 is 46.3 Å². The Hall–Kier alpha value is -2.62. The number of methoxy groups -OCH3 is 1. The van der Waals surface area contributed by atoms with Gasteiger partial charge in [0.2, 0.25) is 5.91 Å². The number of hydrazone groups is 1. The van der Waals surface area contributed by atoms with E-state index in [1.54, 1.807) is 36.4 Å². The van der Waals surface area contributed by atoms with E-state index in [0.717, 1.165) is 0 Å². The quantitative estimate of drug-likeness (QED) is 0.368. The molecule has 0 aliphatic rings. The van der Waals surface area contributed by atoms with E-state index in [2.05, 4.69) is 15.8 Å². The van der Waals surface area contributed by atoms with Gasteiger partial charge in [-0.2, -0.15) is 5.10 Å². The average Bonchev–Trinajstić information content (AvgIpc) is 2.57. The Bertz CT molecular complexity index is 837. The second-order valence-corrected chi connectivity index (χ2v) is 6.18. The van der Waals surface area contributed by atoms with E-state index < -0.39 is 5.91 Å². The van der Waals surface area contributed by atoms with Gasteiger partial charge in [-0.05, 0) is 58.5 Å². The second kappa shape index (κ2) is 8.47. The lowest BCUT2D eigenvalue weighted by molar-refractivity contribution is -0.114. The third-order valence-electron chi connectivity index (χ3n) is 3.10. The number of nitrogens with zero attached hydrogens (tertiary/aromatic N) is 1. The molecule has 0 fully saturated rings. The number of hydrogen-bond acceptors (Lipinski definition) is 5. The fourth-order valence-corrected chi connectivity index (χ4v) is 2.62. The van der Waals surface area contributed by atoms with Crippen molar-refractivity contribution in [2.75, 3.05) is 12.4 Å². The summed E-state index contributed by atoms with van der Waals surface area (Å²) in [6.45, 7) is 1.39. The van der Waals surface area contributed by atoms with Gasteiger partial charge in [0, 0.05) is 18.2 Å². The van der Waals surface area contributed by atoms with Gasteiger partial charge in [-0.15, -0.1) is 0 Å². The maximum Gasteiger partial charge on any atom is 0.271 e. The van der Waals surface area contributed by atoms with Crippen molar-refractivity contribution in [2.45, 2.75) is 6.92 Å².